The Morgan fingerprint density at radius 3 is 2.21 bits per heavy atom. The number of ether oxygens (including phenoxy) is 2. The summed E-state index contributed by atoms with van der Waals surface area (Å²) in [4.78, 5) is 23.5. The third kappa shape index (κ3) is 6.82. The first kappa shape index (κ1) is 22.2. The molecule has 0 saturated carbocycles. The Bertz CT molecular complexity index is 766. The molecule has 0 aliphatic heterocycles. The molecule has 150 valence electrons. The van der Waals surface area contributed by atoms with E-state index in [2.05, 4.69) is 5.32 Å². The van der Waals surface area contributed by atoms with Crippen LogP contribution in [0.4, 0.5) is 0 Å². The summed E-state index contributed by atoms with van der Waals surface area (Å²) < 4.78 is 11.1. The largest absolute Gasteiger partial charge is 0.497 e. The van der Waals surface area contributed by atoms with Crippen LogP contribution >= 0.6 is 23.2 Å². The van der Waals surface area contributed by atoms with Gasteiger partial charge in [0, 0.05) is 18.9 Å². The van der Waals surface area contributed by atoms with Gasteiger partial charge in [-0.05, 0) is 17.7 Å². The Balaban J connectivity index is 2.16. The highest BCUT2D eigenvalue weighted by atomic mass is 35.5. The van der Waals surface area contributed by atoms with E-state index in [1.54, 1.807) is 31.4 Å². The molecular formula is C21H23Cl2NO4. The number of amides is 1. The number of alkyl halides is 2. The maximum atomic E-state index is 13.0. The maximum absolute atomic E-state index is 13.0. The molecule has 0 aliphatic carbocycles. The number of nitrogens with one attached hydrogen (secondary N) is 1. The van der Waals surface area contributed by atoms with Crippen molar-refractivity contribution in [1.29, 1.82) is 0 Å². The lowest BCUT2D eigenvalue weighted by Crippen LogP contribution is -2.42. The van der Waals surface area contributed by atoms with Gasteiger partial charge in [-0.3, -0.25) is 9.59 Å². The highest BCUT2D eigenvalue weighted by molar-refractivity contribution is 6.44. The Kier molecular flexibility index (Phi) is 8.77. The summed E-state index contributed by atoms with van der Waals surface area (Å²) >= 11 is 12.0. The second-order valence-electron chi connectivity index (χ2n) is 6.26. The molecule has 0 saturated heterocycles. The predicted molar refractivity (Wildman–Crippen MR) is 110 cm³/mol. The van der Waals surface area contributed by atoms with Crippen LogP contribution in [0.25, 0.3) is 0 Å². The van der Waals surface area contributed by atoms with Gasteiger partial charge < -0.3 is 14.8 Å². The smallest absolute Gasteiger partial charge is 0.217 e. The van der Waals surface area contributed by atoms with Crippen molar-refractivity contribution in [3.8, 4) is 5.75 Å². The number of Topliss-reactive ketones (excluding diaryl/α,β-unsaturated/α-hetero) is 1. The molecule has 0 fully saturated rings. The van der Waals surface area contributed by atoms with Crippen LogP contribution in [0.3, 0.4) is 0 Å². The molecule has 0 spiro atoms. The molecule has 5 nitrogen and oxygen atoms in total. The molecule has 2 aromatic rings. The summed E-state index contributed by atoms with van der Waals surface area (Å²) in [5.41, 5.74) is 1.40. The lowest BCUT2D eigenvalue weighted by atomic mass is 10.0. The first-order chi connectivity index (χ1) is 13.4. The number of carbonyl (C=O) groups excluding carboxylic acids is 2. The Morgan fingerprint density at radius 2 is 1.68 bits per heavy atom. The average Bonchev–Trinajstić information content (AvgIpc) is 2.70. The van der Waals surface area contributed by atoms with Crippen molar-refractivity contribution in [3.05, 3.63) is 65.7 Å². The molecule has 7 heteroatoms. The van der Waals surface area contributed by atoms with E-state index in [-0.39, 0.29) is 24.7 Å². The summed E-state index contributed by atoms with van der Waals surface area (Å²) in [5, 5.41) is 2.68. The molecule has 0 aromatic heterocycles. The van der Waals surface area contributed by atoms with Crippen molar-refractivity contribution in [2.75, 3.05) is 7.11 Å². The maximum Gasteiger partial charge on any atom is 0.217 e. The SMILES string of the molecule is COc1ccc(COC(CC(NC(C)=O)C(Cl)Cl)C(=O)c2ccccc2)cc1. The number of hydrogen-bond acceptors (Lipinski definition) is 4. The van der Waals surface area contributed by atoms with E-state index in [1.165, 1.54) is 6.92 Å². The number of hydrogen-bond donors (Lipinski definition) is 1. The van der Waals surface area contributed by atoms with Gasteiger partial charge in [0.15, 0.2) is 5.78 Å². The normalized spacial score (nSPS) is 13.0. The lowest BCUT2D eigenvalue weighted by molar-refractivity contribution is -0.119. The molecule has 2 aromatic carbocycles. The summed E-state index contributed by atoms with van der Waals surface area (Å²) in [6.07, 6.45) is -0.664. The van der Waals surface area contributed by atoms with E-state index < -0.39 is 17.0 Å². The molecular weight excluding hydrogens is 401 g/mol. The van der Waals surface area contributed by atoms with Gasteiger partial charge in [-0.1, -0.05) is 42.5 Å². The summed E-state index contributed by atoms with van der Waals surface area (Å²) in [6.45, 7) is 1.59. The van der Waals surface area contributed by atoms with E-state index in [0.29, 0.717) is 5.56 Å². The van der Waals surface area contributed by atoms with Crippen LogP contribution in [-0.4, -0.2) is 35.8 Å². The Hall–Kier alpha value is -2.08. The van der Waals surface area contributed by atoms with Crippen LogP contribution in [0.5, 0.6) is 5.75 Å². The fourth-order valence-electron chi connectivity index (χ4n) is 2.67. The highest BCUT2D eigenvalue weighted by Gasteiger charge is 2.28. The fourth-order valence-corrected chi connectivity index (χ4v) is 3.01. The topological polar surface area (TPSA) is 64.6 Å². The number of ketones is 1. The van der Waals surface area contributed by atoms with Crippen LogP contribution in [0.1, 0.15) is 29.3 Å². The first-order valence-electron chi connectivity index (χ1n) is 8.79. The van der Waals surface area contributed by atoms with Gasteiger partial charge in [0.05, 0.1) is 19.8 Å². The van der Waals surface area contributed by atoms with E-state index in [4.69, 9.17) is 32.7 Å². The molecule has 0 bridgehead atoms. The van der Waals surface area contributed by atoms with Crippen LogP contribution < -0.4 is 10.1 Å². The molecule has 1 amide bonds. The van der Waals surface area contributed by atoms with Crippen LogP contribution in [0, 0.1) is 0 Å². The second-order valence-corrected chi connectivity index (χ2v) is 7.42. The minimum atomic E-state index is -0.875. The van der Waals surface area contributed by atoms with Crippen molar-refractivity contribution in [1.82, 2.24) is 5.32 Å². The number of benzene rings is 2. The predicted octanol–water partition coefficient (Wildman–Crippen LogP) is 4.16. The fraction of sp³-hybridized carbons (Fsp3) is 0.333. The number of carbonyl (C=O) groups is 2. The minimum Gasteiger partial charge on any atom is -0.497 e. The zero-order chi connectivity index (χ0) is 20.5. The molecule has 2 unspecified atom stereocenters. The zero-order valence-corrected chi connectivity index (χ0v) is 17.2. The number of methoxy groups -OCH3 is 1. The number of halogens is 2. The second kappa shape index (κ2) is 11.1. The Morgan fingerprint density at radius 1 is 1.04 bits per heavy atom. The minimum absolute atomic E-state index is 0.154. The summed E-state index contributed by atoms with van der Waals surface area (Å²) in [5.74, 6) is 0.259. The van der Waals surface area contributed by atoms with Gasteiger partial charge in [0.2, 0.25) is 5.91 Å². The molecule has 28 heavy (non-hydrogen) atoms. The van der Waals surface area contributed by atoms with Gasteiger partial charge in [-0.25, -0.2) is 0 Å². The molecule has 1 N–H and O–H groups in total. The van der Waals surface area contributed by atoms with Crippen molar-refractivity contribution < 1.29 is 19.1 Å². The van der Waals surface area contributed by atoms with Crippen molar-refractivity contribution in [2.45, 2.75) is 36.9 Å². The van der Waals surface area contributed by atoms with Crippen molar-refractivity contribution in [2.24, 2.45) is 0 Å². The van der Waals surface area contributed by atoms with E-state index in [1.807, 2.05) is 30.3 Å². The van der Waals surface area contributed by atoms with E-state index >= 15 is 0 Å². The van der Waals surface area contributed by atoms with Crippen LogP contribution in [-0.2, 0) is 16.1 Å². The standard InChI is InChI=1S/C21H23Cl2NO4/c1-14(25)24-18(21(22)23)12-19(20(26)16-6-4-3-5-7-16)28-13-15-8-10-17(27-2)11-9-15/h3-11,18-19,21H,12-13H2,1-2H3,(H,24,25). The quantitative estimate of drug-likeness (QED) is 0.460. The van der Waals surface area contributed by atoms with Gasteiger partial charge >= 0.3 is 0 Å². The first-order valence-corrected chi connectivity index (χ1v) is 9.67. The van der Waals surface area contributed by atoms with Crippen LogP contribution in [0.15, 0.2) is 54.6 Å². The third-order valence-electron chi connectivity index (χ3n) is 4.12. The van der Waals surface area contributed by atoms with Crippen molar-refractivity contribution >= 4 is 34.9 Å². The number of rotatable bonds is 10. The average molecular weight is 424 g/mol. The molecule has 0 heterocycles. The van der Waals surface area contributed by atoms with Crippen molar-refractivity contribution in [3.63, 3.8) is 0 Å². The third-order valence-corrected chi connectivity index (χ3v) is 4.73. The monoisotopic (exact) mass is 423 g/mol. The van der Waals surface area contributed by atoms with E-state index in [9.17, 15) is 9.59 Å². The zero-order valence-electron chi connectivity index (χ0n) is 15.7. The summed E-state index contributed by atoms with van der Waals surface area (Å²) in [6, 6.07) is 15.6. The van der Waals surface area contributed by atoms with Gasteiger partial charge in [-0.2, -0.15) is 0 Å². The summed E-state index contributed by atoms with van der Waals surface area (Å²) in [7, 11) is 1.59. The molecule has 2 atom stereocenters. The lowest BCUT2D eigenvalue weighted by Gasteiger charge is -2.24. The molecule has 2 rings (SSSR count). The van der Waals surface area contributed by atoms with Gasteiger partial charge in [0.25, 0.3) is 0 Å². The molecule has 0 aliphatic rings. The van der Waals surface area contributed by atoms with Gasteiger partial charge in [0.1, 0.15) is 16.7 Å². The van der Waals surface area contributed by atoms with Crippen LogP contribution in [0.2, 0.25) is 0 Å². The Labute approximate surface area is 174 Å². The molecule has 0 radical (unpaired) electrons. The van der Waals surface area contributed by atoms with E-state index in [0.717, 1.165) is 11.3 Å². The highest BCUT2D eigenvalue weighted by Crippen LogP contribution is 2.20. The van der Waals surface area contributed by atoms with Gasteiger partial charge in [-0.15, -0.1) is 23.2 Å².